The molecule has 0 aliphatic carbocycles. The quantitative estimate of drug-likeness (QED) is 0.886. The molecule has 21 heavy (non-hydrogen) atoms. The summed E-state index contributed by atoms with van der Waals surface area (Å²) < 4.78 is 5.05. The minimum atomic E-state index is -0.592. The molecule has 0 saturated carbocycles. The zero-order chi connectivity index (χ0) is 16.0. The summed E-state index contributed by atoms with van der Waals surface area (Å²) in [6.07, 6.45) is 0.268. The molecule has 0 bridgehead atoms. The van der Waals surface area contributed by atoms with Gasteiger partial charge in [0.1, 0.15) is 5.60 Å². The second-order valence-electron chi connectivity index (χ2n) is 5.64. The summed E-state index contributed by atoms with van der Waals surface area (Å²) in [6, 6.07) is 5.25. The normalized spacial score (nSPS) is 11.1. The first-order chi connectivity index (χ1) is 9.67. The van der Waals surface area contributed by atoms with Crippen LogP contribution in [-0.2, 0) is 16.0 Å². The van der Waals surface area contributed by atoms with Gasteiger partial charge in [-0.25, -0.2) is 4.79 Å². The van der Waals surface area contributed by atoms with Crippen LogP contribution in [0.3, 0.4) is 0 Å². The number of Topliss-reactive ketones (excluding diaryl/α,β-unsaturated/α-hetero) is 1. The predicted molar refractivity (Wildman–Crippen MR) is 84.0 cm³/mol. The molecule has 1 aromatic carbocycles. The van der Waals surface area contributed by atoms with Crippen LogP contribution in [0.2, 0.25) is 10.0 Å². The van der Waals surface area contributed by atoms with E-state index in [-0.39, 0.29) is 12.3 Å². The van der Waals surface area contributed by atoms with E-state index in [1.54, 1.807) is 32.9 Å². The van der Waals surface area contributed by atoms with Crippen LogP contribution >= 0.6 is 23.2 Å². The van der Waals surface area contributed by atoms with Crippen molar-refractivity contribution in [3.05, 3.63) is 33.8 Å². The molecule has 0 aliphatic heterocycles. The molecular formula is C15H19Cl2NO3. The summed E-state index contributed by atoms with van der Waals surface area (Å²) in [7, 11) is 0. The molecule has 0 fully saturated rings. The Kier molecular flexibility index (Phi) is 6.49. The average Bonchev–Trinajstić information content (AvgIpc) is 2.36. The maximum absolute atomic E-state index is 11.7. The van der Waals surface area contributed by atoms with Gasteiger partial charge in [-0.3, -0.25) is 4.79 Å². The number of amides is 1. The van der Waals surface area contributed by atoms with Gasteiger partial charge in [0.25, 0.3) is 0 Å². The number of ether oxygens (including phenoxy) is 1. The third kappa shape index (κ3) is 7.34. The van der Waals surface area contributed by atoms with Crippen LogP contribution in [-0.4, -0.2) is 24.0 Å². The molecule has 0 atom stereocenters. The number of nitrogens with one attached hydrogen (secondary N) is 1. The lowest BCUT2D eigenvalue weighted by Crippen LogP contribution is -2.35. The minimum absolute atomic E-state index is 0.0454. The molecule has 0 aliphatic rings. The lowest BCUT2D eigenvalue weighted by molar-refractivity contribution is -0.118. The van der Waals surface area contributed by atoms with Crippen molar-refractivity contribution in [3.8, 4) is 0 Å². The second kappa shape index (κ2) is 7.66. The fourth-order valence-electron chi connectivity index (χ4n) is 1.55. The van der Waals surface area contributed by atoms with Crippen LogP contribution in [0.15, 0.2) is 18.2 Å². The molecule has 1 aromatic rings. The maximum Gasteiger partial charge on any atom is 0.408 e. The summed E-state index contributed by atoms with van der Waals surface area (Å²) in [5.74, 6) is -0.0769. The molecule has 1 amide bonds. The molecule has 0 aromatic heterocycles. The number of hydrogen-bond acceptors (Lipinski definition) is 3. The Morgan fingerprint density at radius 3 is 2.43 bits per heavy atom. The van der Waals surface area contributed by atoms with Crippen LogP contribution in [0.4, 0.5) is 4.79 Å². The number of rotatable bonds is 5. The standard InChI is InChI=1S/C15H19Cl2NO3/c1-15(2,3)21-14(20)18-9-11(19)6-4-10-5-7-12(16)13(17)8-10/h5,7-8H,4,6,9H2,1-3H3,(H,18,20). The van der Waals surface area contributed by atoms with E-state index >= 15 is 0 Å². The van der Waals surface area contributed by atoms with Crippen molar-refractivity contribution in [3.63, 3.8) is 0 Å². The van der Waals surface area contributed by atoms with Gasteiger partial charge >= 0.3 is 6.09 Å². The van der Waals surface area contributed by atoms with Gasteiger partial charge in [0, 0.05) is 6.42 Å². The van der Waals surface area contributed by atoms with Crippen molar-refractivity contribution in [2.24, 2.45) is 0 Å². The number of ketones is 1. The third-order valence-electron chi connectivity index (χ3n) is 2.51. The smallest absolute Gasteiger partial charge is 0.408 e. The van der Waals surface area contributed by atoms with E-state index in [2.05, 4.69) is 5.32 Å². The Hall–Kier alpha value is -1.26. The van der Waals surface area contributed by atoms with E-state index in [4.69, 9.17) is 27.9 Å². The van der Waals surface area contributed by atoms with Crippen LogP contribution in [0.5, 0.6) is 0 Å². The first-order valence-electron chi connectivity index (χ1n) is 6.60. The van der Waals surface area contributed by atoms with Crippen molar-refractivity contribution in [2.45, 2.75) is 39.2 Å². The van der Waals surface area contributed by atoms with E-state index in [1.807, 2.05) is 6.07 Å². The molecule has 0 saturated heterocycles. The van der Waals surface area contributed by atoms with Gasteiger partial charge in [-0.05, 0) is 44.9 Å². The lowest BCUT2D eigenvalue weighted by Gasteiger charge is -2.19. The fraction of sp³-hybridized carbons (Fsp3) is 0.467. The van der Waals surface area contributed by atoms with Crippen molar-refractivity contribution >= 4 is 35.1 Å². The maximum atomic E-state index is 11.7. The van der Waals surface area contributed by atoms with E-state index < -0.39 is 11.7 Å². The molecule has 4 nitrogen and oxygen atoms in total. The highest BCUT2D eigenvalue weighted by Crippen LogP contribution is 2.23. The Bertz CT molecular complexity index is 524. The number of halogens is 2. The lowest BCUT2D eigenvalue weighted by atomic mass is 10.1. The van der Waals surface area contributed by atoms with Crippen LogP contribution < -0.4 is 5.32 Å². The molecule has 6 heteroatoms. The second-order valence-corrected chi connectivity index (χ2v) is 6.46. The highest BCUT2D eigenvalue weighted by Gasteiger charge is 2.16. The van der Waals surface area contributed by atoms with Crippen molar-refractivity contribution in [2.75, 3.05) is 6.54 Å². The zero-order valence-corrected chi connectivity index (χ0v) is 13.8. The number of carbonyl (C=O) groups excluding carboxylic acids is 2. The van der Waals surface area contributed by atoms with Gasteiger partial charge < -0.3 is 10.1 Å². The Labute approximate surface area is 134 Å². The topological polar surface area (TPSA) is 55.4 Å². The van der Waals surface area contributed by atoms with Gasteiger partial charge in [-0.2, -0.15) is 0 Å². The van der Waals surface area contributed by atoms with Gasteiger partial charge in [-0.1, -0.05) is 29.3 Å². The molecule has 1 N–H and O–H groups in total. The van der Waals surface area contributed by atoms with Gasteiger partial charge in [-0.15, -0.1) is 0 Å². The van der Waals surface area contributed by atoms with Crippen LogP contribution in [0.1, 0.15) is 32.8 Å². The fourth-order valence-corrected chi connectivity index (χ4v) is 1.87. The van der Waals surface area contributed by atoms with Gasteiger partial charge in [0.2, 0.25) is 0 Å². The number of alkyl carbamates (subject to hydrolysis) is 1. The molecule has 1 rings (SSSR count). The number of benzene rings is 1. The predicted octanol–water partition coefficient (Wildman–Crippen LogP) is 4.02. The van der Waals surface area contributed by atoms with Gasteiger partial charge in [0.05, 0.1) is 16.6 Å². The molecule has 116 valence electrons. The Morgan fingerprint density at radius 1 is 1.19 bits per heavy atom. The first-order valence-corrected chi connectivity index (χ1v) is 7.35. The summed E-state index contributed by atoms with van der Waals surface area (Å²) in [6.45, 7) is 5.24. The first kappa shape index (κ1) is 17.8. The summed E-state index contributed by atoms with van der Waals surface area (Å²) >= 11 is 11.7. The molecular weight excluding hydrogens is 313 g/mol. The zero-order valence-electron chi connectivity index (χ0n) is 12.3. The van der Waals surface area contributed by atoms with Crippen molar-refractivity contribution in [1.82, 2.24) is 5.32 Å². The Morgan fingerprint density at radius 2 is 1.86 bits per heavy atom. The third-order valence-corrected chi connectivity index (χ3v) is 3.24. The Balaban J connectivity index is 2.34. The number of carbonyl (C=O) groups is 2. The van der Waals surface area contributed by atoms with E-state index in [0.717, 1.165) is 5.56 Å². The highest BCUT2D eigenvalue weighted by atomic mass is 35.5. The van der Waals surface area contributed by atoms with Crippen LogP contribution in [0, 0.1) is 0 Å². The largest absolute Gasteiger partial charge is 0.444 e. The van der Waals surface area contributed by atoms with E-state index in [1.165, 1.54) is 0 Å². The summed E-state index contributed by atoms with van der Waals surface area (Å²) in [5.41, 5.74) is 0.350. The van der Waals surface area contributed by atoms with E-state index in [0.29, 0.717) is 22.9 Å². The summed E-state index contributed by atoms with van der Waals surface area (Å²) in [5, 5.41) is 3.39. The molecule has 0 heterocycles. The van der Waals surface area contributed by atoms with Crippen LogP contribution in [0.25, 0.3) is 0 Å². The van der Waals surface area contributed by atoms with Gasteiger partial charge in [0.15, 0.2) is 5.78 Å². The van der Waals surface area contributed by atoms with E-state index in [9.17, 15) is 9.59 Å². The SMILES string of the molecule is CC(C)(C)OC(=O)NCC(=O)CCc1ccc(Cl)c(Cl)c1. The minimum Gasteiger partial charge on any atom is -0.444 e. The van der Waals surface area contributed by atoms with Crippen molar-refractivity contribution in [1.29, 1.82) is 0 Å². The number of aryl methyl sites for hydroxylation is 1. The van der Waals surface area contributed by atoms with Crippen molar-refractivity contribution < 1.29 is 14.3 Å². The summed E-state index contributed by atoms with van der Waals surface area (Å²) in [4.78, 5) is 23.1. The number of hydrogen-bond donors (Lipinski definition) is 1. The highest BCUT2D eigenvalue weighted by molar-refractivity contribution is 6.42. The molecule has 0 unspecified atom stereocenters. The molecule has 0 spiro atoms. The average molecular weight is 332 g/mol. The monoisotopic (exact) mass is 331 g/mol. The molecule has 0 radical (unpaired) electrons.